The Bertz CT molecular complexity index is 11.9. The van der Waals surface area contributed by atoms with E-state index in [1.54, 1.807) is 0 Å². The summed E-state index contributed by atoms with van der Waals surface area (Å²) >= 11 is 0. The molecular weight excluding hydrogens is 149 g/mol. The van der Waals surface area contributed by atoms with Gasteiger partial charge in [0.05, 0.1) is 0 Å². The first-order valence-corrected chi connectivity index (χ1v) is 2.85. The van der Waals surface area contributed by atoms with E-state index in [9.17, 15) is 0 Å². The summed E-state index contributed by atoms with van der Waals surface area (Å²) in [7, 11) is 0. The third-order valence-corrected chi connectivity index (χ3v) is 0.408. The van der Waals surface area contributed by atoms with E-state index in [2.05, 4.69) is 20.3 Å². The summed E-state index contributed by atoms with van der Waals surface area (Å²) in [4.78, 5) is 0. The fourth-order valence-electron chi connectivity index (χ4n) is 0. The van der Waals surface area contributed by atoms with E-state index in [1.165, 1.54) is 6.42 Å². The monoisotopic (exact) mass is 164 g/mol. The Morgan fingerprint density at radius 1 is 1.12 bits per heavy atom. The average molecular weight is 166 g/mol. The second-order valence-corrected chi connectivity index (χ2v) is 1.39. The van der Waals surface area contributed by atoms with Crippen LogP contribution in [-0.2, 0) is 19.5 Å². The summed E-state index contributed by atoms with van der Waals surface area (Å²) in [5.74, 6) is 0. The maximum absolute atomic E-state index is 2.12. The van der Waals surface area contributed by atoms with E-state index < -0.39 is 0 Å². The van der Waals surface area contributed by atoms with E-state index in [0.29, 0.717) is 0 Å². The Morgan fingerprint density at radius 3 is 1.25 bits per heavy atom. The van der Waals surface area contributed by atoms with E-state index in [-0.39, 0.29) is 19.5 Å². The largest absolute Gasteiger partial charge is 2.00 e. The van der Waals surface area contributed by atoms with Gasteiger partial charge in [-0.25, -0.2) is 0 Å². The summed E-state index contributed by atoms with van der Waals surface area (Å²) in [5, 5.41) is 0. The van der Waals surface area contributed by atoms with Crippen molar-refractivity contribution in [1.29, 1.82) is 0 Å². The average Bonchev–Trinajstić information content (AvgIpc) is 1.69. The molecule has 0 N–H and O–H groups in total. The third-order valence-electron chi connectivity index (χ3n) is 0.408. The van der Waals surface area contributed by atoms with Crippen molar-refractivity contribution >= 4 is 0 Å². The molecule has 0 saturated carbocycles. The van der Waals surface area contributed by atoms with E-state index in [1.807, 2.05) is 20.3 Å². The smallest absolute Gasteiger partial charge is 0.335 e. The number of hydrogen-bond donors (Lipinski definition) is 0. The minimum absolute atomic E-state index is 0. The van der Waals surface area contributed by atoms with Crippen LogP contribution < -0.4 is 0 Å². The summed E-state index contributed by atoms with van der Waals surface area (Å²) in [5.41, 5.74) is 0. The van der Waals surface area contributed by atoms with E-state index in [4.69, 9.17) is 0 Å². The van der Waals surface area contributed by atoms with Gasteiger partial charge in [-0.3, -0.25) is 0 Å². The van der Waals surface area contributed by atoms with Crippen LogP contribution in [-0.4, -0.2) is 0 Å². The van der Waals surface area contributed by atoms with Gasteiger partial charge in [0.1, 0.15) is 0 Å². The molecule has 0 nitrogen and oxygen atoms in total. The standard InChI is InChI=1S/C4H9.C3H7.Zn/c1-3-4-2;1-3-2;/h3H,4H2,1-2H3;3H,1-2H3;/q2*-1;+2. The molecule has 0 spiro atoms. The Hall–Kier alpha value is 0.623. The van der Waals surface area contributed by atoms with Crippen LogP contribution in [0, 0.1) is 12.8 Å². The maximum atomic E-state index is 2.12. The zero-order chi connectivity index (χ0) is 6.12. The second kappa shape index (κ2) is 25.5. The van der Waals surface area contributed by atoms with Gasteiger partial charge in [0.25, 0.3) is 0 Å². The molecule has 0 radical (unpaired) electrons. The first-order chi connectivity index (χ1) is 3.33. The molecule has 0 heterocycles. The van der Waals surface area contributed by atoms with Crippen LogP contribution in [0.1, 0.15) is 34.1 Å². The van der Waals surface area contributed by atoms with Crippen LogP contribution in [0.3, 0.4) is 0 Å². The Kier molecular flexibility index (Phi) is 50.5. The minimum atomic E-state index is 0. The molecule has 46 valence electrons. The quantitative estimate of drug-likeness (QED) is 0.414. The molecule has 1 heteroatoms. The molecule has 0 atom stereocenters. The molecule has 0 amide bonds. The SMILES string of the molecule is C[CH-]C.C[CH-]CC.[Zn+2]. The van der Waals surface area contributed by atoms with Crippen LogP contribution in [0.2, 0.25) is 0 Å². The second-order valence-electron chi connectivity index (χ2n) is 1.39. The maximum Gasteiger partial charge on any atom is 2.00 e. The van der Waals surface area contributed by atoms with Gasteiger partial charge >= 0.3 is 19.5 Å². The van der Waals surface area contributed by atoms with Gasteiger partial charge in [0.15, 0.2) is 0 Å². The normalized spacial score (nSPS) is 6.00. The summed E-state index contributed by atoms with van der Waals surface area (Å²) in [6, 6.07) is 0. The molecule has 0 aromatic rings. The topological polar surface area (TPSA) is 0 Å². The Labute approximate surface area is 66.8 Å². The molecule has 0 unspecified atom stereocenters. The van der Waals surface area contributed by atoms with Gasteiger partial charge in [-0.05, 0) is 0 Å². The van der Waals surface area contributed by atoms with Gasteiger partial charge in [0, 0.05) is 0 Å². The van der Waals surface area contributed by atoms with Gasteiger partial charge < -0.3 is 12.8 Å². The van der Waals surface area contributed by atoms with Crippen molar-refractivity contribution in [2.24, 2.45) is 0 Å². The van der Waals surface area contributed by atoms with Crippen LogP contribution in [0.4, 0.5) is 0 Å². The molecule has 0 fully saturated rings. The molecule has 0 bridgehead atoms. The summed E-state index contributed by atoms with van der Waals surface area (Å²) < 4.78 is 0. The zero-order valence-electron chi connectivity index (χ0n) is 6.57. The molecule has 8 heavy (non-hydrogen) atoms. The zero-order valence-corrected chi connectivity index (χ0v) is 9.54. The molecule has 0 aromatic carbocycles. The summed E-state index contributed by atoms with van der Waals surface area (Å²) in [6.07, 6.45) is 5.32. The first-order valence-electron chi connectivity index (χ1n) is 2.85. The molecule has 0 aliphatic heterocycles. The van der Waals surface area contributed by atoms with Gasteiger partial charge in [-0.15, -0.1) is 0 Å². The third kappa shape index (κ3) is 79.5. The van der Waals surface area contributed by atoms with Crippen molar-refractivity contribution in [3.63, 3.8) is 0 Å². The number of rotatable bonds is 1. The van der Waals surface area contributed by atoms with Gasteiger partial charge in [-0.1, -0.05) is 6.92 Å². The number of unbranched alkanes of at least 4 members (excludes halogenated alkanes) is 1. The predicted molar refractivity (Wildman–Crippen MR) is 35.9 cm³/mol. The van der Waals surface area contributed by atoms with Crippen molar-refractivity contribution in [3.8, 4) is 0 Å². The Balaban J connectivity index is -0.0000000575. The fourth-order valence-corrected chi connectivity index (χ4v) is 0. The van der Waals surface area contributed by atoms with Crippen molar-refractivity contribution in [2.75, 3.05) is 0 Å². The van der Waals surface area contributed by atoms with Crippen LogP contribution in [0.15, 0.2) is 0 Å². The molecule has 0 rings (SSSR count). The van der Waals surface area contributed by atoms with Crippen molar-refractivity contribution < 1.29 is 19.5 Å². The van der Waals surface area contributed by atoms with Crippen molar-refractivity contribution in [2.45, 2.75) is 34.1 Å². The van der Waals surface area contributed by atoms with Gasteiger partial charge in [-0.2, -0.15) is 27.2 Å². The molecule has 0 aliphatic carbocycles. The van der Waals surface area contributed by atoms with E-state index in [0.717, 1.165) is 0 Å². The van der Waals surface area contributed by atoms with E-state index >= 15 is 0 Å². The molecule has 0 aromatic heterocycles. The van der Waals surface area contributed by atoms with Crippen molar-refractivity contribution in [3.05, 3.63) is 12.8 Å². The van der Waals surface area contributed by atoms with Crippen LogP contribution in [0.5, 0.6) is 0 Å². The molecule has 0 saturated heterocycles. The molecule has 0 aliphatic rings. The predicted octanol–water partition coefficient (Wildman–Crippen LogP) is 2.85. The first kappa shape index (κ1) is 15.8. The summed E-state index contributed by atoms with van der Waals surface area (Å²) in [6.45, 7) is 8.18. The van der Waals surface area contributed by atoms with Gasteiger partial charge in [0.2, 0.25) is 0 Å². The molecular formula is C7H16Zn. The van der Waals surface area contributed by atoms with Crippen LogP contribution >= 0.6 is 0 Å². The van der Waals surface area contributed by atoms with Crippen molar-refractivity contribution in [1.82, 2.24) is 0 Å². The Morgan fingerprint density at radius 2 is 1.25 bits per heavy atom. The van der Waals surface area contributed by atoms with Crippen LogP contribution in [0.25, 0.3) is 0 Å². The fraction of sp³-hybridized carbons (Fsp3) is 0.714. The minimum Gasteiger partial charge on any atom is -0.335 e. The number of hydrogen-bond acceptors (Lipinski definition) is 0.